The molecule has 0 spiro atoms. The summed E-state index contributed by atoms with van der Waals surface area (Å²) in [6.45, 7) is 1.21. The zero-order valence-electron chi connectivity index (χ0n) is 18.1. The standard InChI is InChI=1S/C25H25ClN4O3/c26-21-9-10-22(28-15-21)29-25(33)20-6-3-13-30(16-20)23(31)11-12-27-24(32)19-8-7-17-4-1-2-5-18(17)14-19/h1-2,4-5,7-10,14-15,20H,3,6,11-13,16H2,(H,27,32)(H,28,29,33). The molecule has 3 amide bonds. The molecule has 2 aromatic carbocycles. The summed E-state index contributed by atoms with van der Waals surface area (Å²) >= 11 is 5.82. The largest absolute Gasteiger partial charge is 0.352 e. The molecule has 2 N–H and O–H groups in total. The lowest BCUT2D eigenvalue weighted by molar-refractivity contribution is -0.134. The van der Waals surface area contributed by atoms with E-state index in [-0.39, 0.29) is 36.6 Å². The van der Waals surface area contributed by atoms with E-state index in [9.17, 15) is 14.4 Å². The minimum atomic E-state index is -0.299. The van der Waals surface area contributed by atoms with Gasteiger partial charge in [-0.3, -0.25) is 14.4 Å². The minimum Gasteiger partial charge on any atom is -0.352 e. The van der Waals surface area contributed by atoms with Crippen LogP contribution in [0.4, 0.5) is 5.82 Å². The number of carbonyl (C=O) groups excluding carboxylic acids is 3. The third-order valence-electron chi connectivity index (χ3n) is 5.76. The lowest BCUT2D eigenvalue weighted by Crippen LogP contribution is -2.44. The van der Waals surface area contributed by atoms with E-state index in [1.54, 1.807) is 23.1 Å². The van der Waals surface area contributed by atoms with Crippen molar-refractivity contribution in [1.82, 2.24) is 15.2 Å². The highest BCUT2D eigenvalue weighted by Crippen LogP contribution is 2.20. The number of anilines is 1. The van der Waals surface area contributed by atoms with Crippen LogP contribution in [0.25, 0.3) is 10.8 Å². The van der Waals surface area contributed by atoms with Gasteiger partial charge in [-0.05, 0) is 47.9 Å². The third kappa shape index (κ3) is 5.87. The molecule has 1 aliphatic rings. The van der Waals surface area contributed by atoms with Crippen LogP contribution in [0, 0.1) is 5.92 Å². The van der Waals surface area contributed by atoms with Crippen molar-refractivity contribution in [1.29, 1.82) is 0 Å². The fourth-order valence-corrected chi connectivity index (χ4v) is 4.08. The number of benzene rings is 2. The molecule has 1 atom stereocenters. The number of likely N-dealkylation sites (tertiary alicyclic amines) is 1. The van der Waals surface area contributed by atoms with Gasteiger partial charge in [0.15, 0.2) is 0 Å². The summed E-state index contributed by atoms with van der Waals surface area (Å²) in [5, 5.41) is 8.16. The number of aromatic nitrogens is 1. The molecule has 8 heteroatoms. The summed E-state index contributed by atoms with van der Waals surface area (Å²) in [5.41, 5.74) is 0.562. The Hall–Kier alpha value is -3.45. The van der Waals surface area contributed by atoms with Crippen LogP contribution in [0.5, 0.6) is 0 Å². The van der Waals surface area contributed by atoms with Crippen molar-refractivity contribution in [2.24, 2.45) is 5.92 Å². The first-order valence-electron chi connectivity index (χ1n) is 11.0. The number of nitrogens with one attached hydrogen (secondary N) is 2. The number of halogens is 1. The highest BCUT2D eigenvalue weighted by atomic mass is 35.5. The second kappa shape index (κ2) is 10.4. The monoisotopic (exact) mass is 464 g/mol. The van der Waals surface area contributed by atoms with Gasteiger partial charge in [0, 0.05) is 37.8 Å². The Labute approximate surface area is 197 Å². The van der Waals surface area contributed by atoms with Gasteiger partial charge >= 0.3 is 0 Å². The van der Waals surface area contributed by atoms with Gasteiger partial charge in [0.25, 0.3) is 5.91 Å². The molecule has 0 saturated carbocycles. The predicted molar refractivity (Wildman–Crippen MR) is 128 cm³/mol. The van der Waals surface area contributed by atoms with Crippen molar-refractivity contribution in [3.63, 3.8) is 0 Å². The minimum absolute atomic E-state index is 0.0732. The van der Waals surface area contributed by atoms with E-state index in [1.807, 2.05) is 36.4 Å². The van der Waals surface area contributed by atoms with Crippen LogP contribution in [0.2, 0.25) is 5.02 Å². The molecule has 33 heavy (non-hydrogen) atoms. The predicted octanol–water partition coefficient (Wildman–Crippen LogP) is 3.89. The maximum Gasteiger partial charge on any atom is 0.251 e. The number of hydrogen-bond acceptors (Lipinski definition) is 4. The van der Waals surface area contributed by atoms with Crippen LogP contribution >= 0.6 is 11.6 Å². The molecule has 0 radical (unpaired) electrons. The normalized spacial score (nSPS) is 15.8. The molecule has 2 heterocycles. The fraction of sp³-hybridized carbons (Fsp3) is 0.280. The summed E-state index contributed by atoms with van der Waals surface area (Å²) in [6.07, 6.45) is 3.12. The third-order valence-corrected chi connectivity index (χ3v) is 5.98. The molecule has 170 valence electrons. The van der Waals surface area contributed by atoms with Crippen LogP contribution in [-0.2, 0) is 9.59 Å². The van der Waals surface area contributed by atoms with Crippen LogP contribution in [0.3, 0.4) is 0 Å². The molecule has 1 saturated heterocycles. The van der Waals surface area contributed by atoms with E-state index in [4.69, 9.17) is 11.6 Å². The zero-order valence-corrected chi connectivity index (χ0v) is 18.8. The topological polar surface area (TPSA) is 91.4 Å². The number of amides is 3. The van der Waals surface area contributed by atoms with Gasteiger partial charge in [0.1, 0.15) is 5.82 Å². The lowest BCUT2D eigenvalue weighted by atomic mass is 9.97. The van der Waals surface area contributed by atoms with E-state index >= 15 is 0 Å². The number of nitrogens with zero attached hydrogens (tertiary/aromatic N) is 2. The molecule has 1 aliphatic heterocycles. The van der Waals surface area contributed by atoms with Crippen molar-refractivity contribution in [2.45, 2.75) is 19.3 Å². The summed E-state index contributed by atoms with van der Waals surface area (Å²) in [6, 6.07) is 16.7. The maximum absolute atomic E-state index is 12.7. The average Bonchev–Trinajstić information content (AvgIpc) is 2.85. The fourth-order valence-electron chi connectivity index (χ4n) is 3.97. The first kappa shape index (κ1) is 22.7. The Balaban J connectivity index is 1.25. The lowest BCUT2D eigenvalue weighted by Gasteiger charge is -2.32. The average molecular weight is 465 g/mol. The summed E-state index contributed by atoms with van der Waals surface area (Å²) in [7, 11) is 0. The van der Waals surface area contributed by atoms with Crippen LogP contribution in [0.1, 0.15) is 29.6 Å². The van der Waals surface area contributed by atoms with Gasteiger partial charge in [-0.1, -0.05) is 41.9 Å². The van der Waals surface area contributed by atoms with E-state index in [0.717, 1.165) is 17.2 Å². The van der Waals surface area contributed by atoms with Crippen molar-refractivity contribution >= 4 is 45.9 Å². The first-order valence-corrected chi connectivity index (χ1v) is 11.3. The van der Waals surface area contributed by atoms with Gasteiger partial charge in [0.05, 0.1) is 10.9 Å². The SMILES string of the molecule is O=C(NCCC(=O)N1CCCC(C(=O)Nc2ccc(Cl)cn2)C1)c1ccc2ccccc2c1. The van der Waals surface area contributed by atoms with Gasteiger partial charge in [-0.25, -0.2) is 4.98 Å². The molecule has 1 unspecified atom stereocenters. The van der Waals surface area contributed by atoms with Gasteiger partial charge in [-0.2, -0.15) is 0 Å². The van der Waals surface area contributed by atoms with Crippen molar-refractivity contribution < 1.29 is 14.4 Å². The molecule has 1 aromatic heterocycles. The number of piperidine rings is 1. The Morgan fingerprint density at radius 2 is 1.88 bits per heavy atom. The Morgan fingerprint density at radius 1 is 1.06 bits per heavy atom. The molecule has 7 nitrogen and oxygen atoms in total. The van der Waals surface area contributed by atoms with E-state index in [1.165, 1.54) is 6.20 Å². The van der Waals surface area contributed by atoms with Crippen molar-refractivity contribution in [2.75, 3.05) is 25.0 Å². The Bertz CT molecular complexity index is 1170. The quantitative estimate of drug-likeness (QED) is 0.579. The number of pyridine rings is 1. The second-order valence-corrected chi connectivity index (χ2v) is 8.53. The van der Waals surface area contributed by atoms with E-state index in [0.29, 0.717) is 35.9 Å². The van der Waals surface area contributed by atoms with Gasteiger partial charge in [-0.15, -0.1) is 0 Å². The second-order valence-electron chi connectivity index (χ2n) is 8.10. The zero-order chi connectivity index (χ0) is 23.2. The number of carbonyl (C=O) groups is 3. The van der Waals surface area contributed by atoms with Gasteiger partial charge in [0.2, 0.25) is 11.8 Å². The molecular formula is C25H25ClN4O3. The van der Waals surface area contributed by atoms with Crippen molar-refractivity contribution in [3.8, 4) is 0 Å². The van der Waals surface area contributed by atoms with Gasteiger partial charge < -0.3 is 15.5 Å². The van der Waals surface area contributed by atoms with Crippen molar-refractivity contribution in [3.05, 3.63) is 71.4 Å². The van der Waals surface area contributed by atoms with Crippen LogP contribution in [-0.4, -0.2) is 47.2 Å². The van der Waals surface area contributed by atoms with Crippen LogP contribution in [0.15, 0.2) is 60.8 Å². The Morgan fingerprint density at radius 3 is 2.67 bits per heavy atom. The molecule has 0 bridgehead atoms. The summed E-state index contributed by atoms with van der Waals surface area (Å²) < 4.78 is 0. The van der Waals surface area contributed by atoms with Crippen LogP contribution < -0.4 is 10.6 Å². The molecule has 1 fully saturated rings. The number of rotatable bonds is 6. The first-order chi connectivity index (χ1) is 16.0. The maximum atomic E-state index is 12.7. The molecule has 3 aromatic rings. The summed E-state index contributed by atoms with van der Waals surface area (Å²) in [5.74, 6) is -0.306. The molecule has 0 aliphatic carbocycles. The molecular weight excluding hydrogens is 440 g/mol. The van der Waals surface area contributed by atoms with E-state index in [2.05, 4.69) is 15.6 Å². The summed E-state index contributed by atoms with van der Waals surface area (Å²) in [4.78, 5) is 43.5. The Kier molecular flexibility index (Phi) is 7.19. The smallest absolute Gasteiger partial charge is 0.251 e. The highest BCUT2D eigenvalue weighted by molar-refractivity contribution is 6.30. The highest BCUT2D eigenvalue weighted by Gasteiger charge is 2.28. The van der Waals surface area contributed by atoms with E-state index < -0.39 is 0 Å². The number of fused-ring (bicyclic) bond motifs is 1. The number of hydrogen-bond donors (Lipinski definition) is 2. The molecule has 4 rings (SSSR count).